The van der Waals surface area contributed by atoms with Crippen molar-refractivity contribution in [3.63, 3.8) is 0 Å². The molecule has 0 unspecified atom stereocenters. The first kappa shape index (κ1) is 12.7. The van der Waals surface area contributed by atoms with Crippen LogP contribution >= 0.6 is 22.7 Å². The summed E-state index contributed by atoms with van der Waals surface area (Å²) >= 11 is 3.21. The SMILES string of the molecule is O=c1c(Cc2cccnc2)cc2sccc2c2ccsc12. The molecule has 0 radical (unpaired) electrons. The third kappa shape index (κ3) is 2.17. The predicted octanol–water partition coefficient (Wildman–Crippen LogP) is 4.46. The number of thiophene rings is 2. The summed E-state index contributed by atoms with van der Waals surface area (Å²) in [4.78, 5) is 16.9. The normalized spacial score (nSPS) is 11.2. The van der Waals surface area contributed by atoms with E-state index in [4.69, 9.17) is 0 Å². The second-order valence-electron chi connectivity index (χ2n) is 4.90. The standard InChI is InChI=1S/C17H11NOS2/c19-16-12(8-11-2-1-5-18-10-11)9-15-13(3-6-20-15)14-4-7-21-17(14)16/h1-7,9-10H,8H2. The number of aromatic nitrogens is 1. The minimum absolute atomic E-state index is 0.146. The Balaban J connectivity index is 2.03. The van der Waals surface area contributed by atoms with Crippen LogP contribution in [0.3, 0.4) is 0 Å². The monoisotopic (exact) mass is 309 g/mol. The molecule has 0 bridgehead atoms. The summed E-state index contributed by atoms with van der Waals surface area (Å²) in [6.07, 6.45) is 4.20. The summed E-state index contributed by atoms with van der Waals surface area (Å²) in [5, 5.41) is 6.32. The summed E-state index contributed by atoms with van der Waals surface area (Å²) in [6, 6.07) is 10.1. The van der Waals surface area contributed by atoms with Crippen molar-refractivity contribution >= 4 is 42.8 Å². The maximum atomic E-state index is 12.8. The molecular weight excluding hydrogens is 298 g/mol. The number of nitrogens with zero attached hydrogens (tertiary/aromatic N) is 1. The first-order valence-corrected chi connectivity index (χ1v) is 8.38. The van der Waals surface area contributed by atoms with Gasteiger partial charge in [0.1, 0.15) is 0 Å². The molecule has 0 aliphatic heterocycles. The van der Waals surface area contributed by atoms with Crippen molar-refractivity contribution in [1.82, 2.24) is 4.98 Å². The van der Waals surface area contributed by atoms with Crippen molar-refractivity contribution in [1.29, 1.82) is 0 Å². The Hall–Kier alpha value is -2.04. The van der Waals surface area contributed by atoms with Gasteiger partial charge in [-0.3, -0.25) is 9.78 Å². The molecule has 1 aromatic carbocycles. The Bertz CT molecular complexity index is 986. The minimum Gasteiger partial charge on any atom is -0.288 e. The van der Waals surface area contributed by atoms with Gasteiger partial charge in [0.25, 0.3) is 0 Å². The maximum absolute atomic E-state index is 12.8. The topological polar surface area (TPSA) is 30.0 Å². The number of rotatable bonds is 2. The van der Waals surface area contributed by atoms with Gasteiger partial charge in [-0.15, -0.1) is 22.7 Å². The summed E-state index contributed by atoms with van der Waals surface area (Å²) < 4.78 is 2.02. The van der Waals surface area contributed by atoms with E-state index in [1.807, 2.05) is 35.8 Å². The molecule has 4 aromatic rings. The molecule has 0 aliphatic rings. The summed E-state index contributed by atoms with van der Waals surface area (Å²) in [7, 11) is 0. The lowest BCUT2D eigenvalue weighted by Crippen LogP contribution is -2.05. The van der Waals surface area contributed by atoms with Gasteiger partial charge in [0.2, 0.25) is 0 Å². The first-order chi connectivity index (χ1) is 10.3. The Morgan fingerprint density at radius 3 is 2.76 bits per heavy atom. The van der Waals surface area contributed by atoms with Crippen molar-refractivity contribution in [2.75, 3.05) is 0 Å². The molecule has 0 N–H and O–H groups in total. The van der Waals surface area contributed by atoms with Crippen molar-refractivity contribution < 1.29 is 0 Å². The van der Waals surface area contributed by atoms with Gasteiger partial charge in [-0.25, -0.2) is 0 Å². The predicted molar refractivity (Wildman–Crippen MR) is 90.5 cm³/mol. The highest BCUT2D eigenvalue weighted by atomic mass is 32.1. The number of hydrogen-bond donors (Lipinski definition) is 0. The quantitative estimate of drug-likeness (QED) is 0.547. The average Bonchev–Trinajstić information content (AvgIpc) is 3.13. The summed E-state index contributed by atoms with van der Waals surface area (Å²) in [5.41, 5.74) is 2.05. The van der Waals surface area contributed by atoms with Crippen LogP contribution in [0, 0.1) is 0 Å². The maximum Gasteiger partial charge on any atom is 0.199 e. The van der Waals surface area contributed by atoms with Crippen molar-refractivity contribution in [2.24, 2.45) is 0 Å². The van der Waals surface area contributed by atoms with Crippen LogP contribution in [-0.2, 0) is 6.42 Å². The van der Waals surface area contributed by atoms with Crippen molar-refractivity contribution in [2.45, 2.75) is 6.42 Å². The van der Waals surface area contributed by atoms with E-state index in [2.05, 4.69) is 16.4 Å². The van der Waals surface area contributed by atoms with Crippen LogP contribution in [0.4, 0.5) is 0 Å². The Labute approximate surface area is 129 Å². The molecule has 0 saturated heterocycles. The van der Waals surface area contributed by atoms with E-state index in [1.165, 1.54) is 21.4 Å². The second-order valence-corrected chi connectivity index (χ2v) is 6.76. The third-order valence-corrected chi connectivity index (χ3v) is 5.35. The van der Waals surface area contributed by atoms with E-state index in [1.54, 1.807) is 17.5 Å². The van der Waals surface area contributed by atoms with Gasteiger partial charge < -0.3 is 0 Å². The van der Waals surface area contributed by atoms with Crippen LogP contribution < -0.4 is 5.43 Å². The lowest BCUT2D eigenvalue weighted by atomic mass is 10.1. The van der Waals surface area contributed by atoms with E-state index in [0.717, 1.165) is 21.2 Å². The fraction of sp³-hybridized carbons (Fsp3) is 0.0588. The van der Waals surface area contributed by atoms with E-state index >= 15 is 0 Å². The Morgan fingerprint density at radius 1 is 1.05 bits per heavy atom. The number of pyridine rings is 1. The molecule has 2 nitrogen and oxygen atoms in total. The number of fused-ring (bicyclic) bond motifs is 3. The van der Waals surface area contributed by atoms with E-state index < -0.39 is 0 Å². The summed E-state index contributed by atoms with van der Waals surface area (Å²) in [6.45, 7) is 0. The zero-order chi connectivity index (χ0) is 14.2. The molecule has 0 spiro atoms. The molecule has 0 atom stereocenters. The molecule has 3 heterocycles. The molecular formula is C17H11NOS2. The largest absolute Gasteiger partial charge is 0.288 e. The molecule has 21 heavy (non-hydrogen) atoms. The fourth-order valence-electron chi connectivity index (χ4n) is 2.58. The molecule has 0 aliphatic carbocycles. The Morgan fingerprint density at radius 2 is 1.90 bits per heavy atom. The molecule has 0 amide bonds. The van der Waals surface area contributed by atoms with E-state index in [0.29, 0.717) is 6.42 Å². The third-order valence-electron chi connectivity index (χ3n) is 3.57. The zero-order valence-electron chi connectivity index (χ0n) is 11.1. The van der Waals surface area contributed by atoms with Crippen LogP contribution in [0.25, 0.3) is 20.2 Å². The van der Waals surface area contributed by atoms with Crippen molar-refractivity contribution in [3.05, 3.63) is 74.8 Å². The van der Waals surface area contributed by atoms with Crippen LogP contribution in [0.15, 0.2) is 58.3 Å². The zero-order valence-corrected chi connectivity index (χ0v) is 12.7. The fourth-order valence-corrected chi connectivity index (χ4v) is 4.33. The van der Waals surface area contributed by atoms with Gasteiger partial charge >= 0.3 is 0 Å². The second kappa shape index (κ2) is 5.06. The average molecular weight is 309 g/mol. The van der Waals surface area contributed by atoms with E-state index in [-0.39, 0.29) is 5.43 Å². The van der Waals surface area contributed by atoms with Gasteiger partial charge in [0.15, 0.2) is 5.43 Å². The lowest BCUT2D eigenvalue weighted by Gasteiger charge is -1.97. The van der Waals surface area contributed by atoms with E-state index in [9.17, 15) is 4.79 Å². The number of hydrogen-bond acceptors (Lipinski definition) is 4. The lowest BCUT2D eigenvalue weighted by molar-refractivity contribution is 1.14. The highest BCUT2D eigenvalue weighted by molar-refractivity contribution is 7.18. The smallest absolute Gasteiger partial charge is 0.199 e. The van der Waals surface area contributed by atoms with Gasteiger partial charge in [-0.05, 0) is 40.6 Å². The highest BCUT2D eigenvalue weighted by Crippen LogP contribution is 2.29. The molecule has 4 rings (SSSR count). The van der Waals surface area contributed by atoms with Crippen LogP contribution in [-0.4, -0.2) is 4.98 Å². The van der Waals surface area contributed by atoms with Crippen molar-refractivity contribution in [3.8, 4) is 0 Å². The Kier molecular flexibility index (Phi) is 3.05. The first-order valence-electron chi connectivity index (χ1n) is 6.62. The molecule has 4 heteroatoms. The minimum atomic E-state index is 0.146. The van der Waals surface area contributed by atoms with Crippen LogP contribution in [0.2, 0.25) is 0 Å². The molecule has 0 fully saturated rings. The van der Waals surface area contributed by atoms with Gasteiger partial charge in [0, 0.05) is 39.9 Å². The molecule has 102 valence electrons. The molecule has 3 aromatic heterocycles. The van der Waals surface area contributed by atoms with Gasteiger partial charge in [-0.2, -0.15) is 0 Å². The van der Waals surface area contributed by atoms with Gasteiger partial charge in [-0.1, -0.05) is 6.07 Å². The highest BCUT2D eigenvalue weighted by Gasteiger charge is 2.10. The summed E-state index contributed by atoms with van der Waals surface area (Å²) in [5.74, 6) is 0. The van der Waals surface area contributed by atoms with Gasteiger partial charge in [0.05, 0.1) is 4.70 Å². The molecule has 0 saturated carbocycles. The van der Waals surface area contributed by atoms with Crippen LogP contribution in [0.5, 0.6) is 0 Å². The van der Waals surface area contributed by atoms with Crippen LogP contribution in [0.1, 0.15) is 11.1 Å².